The molecule has 108 valence electrons. The Balaban J connectivity index is 1.88. The first-order chi connectivity index (χ1) is 10.7. The zero-order valence-corrected chi connectivity index (χ0v) is 12.1. The van der Waals surface area contributed by atoms with Crippen molar-refractivity contribution in [3.05, 3.63) is 64.9 Å². The van der Waals surface area contributed by atoms with Crippen molar-refractivity contribution < 1.29 is 4.79 Å². The lowest BCUT2D eigenvalue weighted by atomic mass is 10.1. The monoisotopic (exact) mass is 310 g/mol. The van der Waals surface area contributed by atoms with E-state index in [1.54, 1.807) is 48.8 Å². The molecule has 22 heavy (non-hydrogen) atoms. The normalized spacial score (nSPS) is 11.8. The van der Waals surface area contributed by atoms with Crippen molar-refractivity contribution in [3.8, 4) is 6.07 Å². The first-order valence-electron chi connectivity index (χ1n) is 6.57. The van der Waals surface area contributed by atoms with Gasteiger partial charge in [-0.3, -0.25) is 4.79 Å². The number of halogens is 1. The lowest BCUT2D eigenvalue weighted by molar-refractivity contribution is 0.0947. The van der Waals surface area contributed by atoms with Gasteiger partial charge in [0.1, 0.15) is 11.7 Å². The third-order valence-electron chi connectivity index (χ3n) is 3.28. The molecule has 1 amide bonds. The number of hydrogen-bond donors (Lipinski definition) is 2. The summed E-state index contributed by atoms with van der Waals surface area (Å²) in [5.41, 5.74) is 1.72. The quantitative estimate of drug-likeness (QED) is 0.779. The second-order valence-electron chi connectivity index (χ2n) is 4.69. The summed E-state index contributed by atoms with van der Waals surface area (Å²) in [6.45, 7) is 0. The number of nitrogens with one attached hydrogen (secondary N) is 2. The number of nitrogens with zero attached hydrogens (tertiary/aromatic N) is 2. The third-order valence-corrected chi connectivity index (χ3v) is 3.52. The van der Waals surface area contributed by atoms with Gasteiger partial charge in [0.25, 0.3) is 5.91 Å². The molecule has 3 rings (SSSR count). The van der Waals surface area contributed by atoms with E-state index >= 15 is 0 Å². The Bertz CT molecular complexity index is 881. The average Bonchev–Trinajstić information content (AvgIpc) is 2.96. The van der Waals surface area contributed by atoms with E-state index in [1.807, 2.05) is 0 Å². The number of amides is 1. The highest BCUT2D eigenvalue weighted by Gasteiger charge is 2.18. The SMILES string of the molecule is N#C[C@@H](NC(=O)c1c[nH]c2ncccc12)c1cccc(Cl)c1. The molecule has 0 radical (unpaired) electrons. The van der Waals surface area contributed by atoms with E-state index in [4.69, 9.17) is 11.6 Å². The molecule has 0 bridgehead atoms. The molecule has 0 spiro atoms. The summed E-state index contributed by atoms with van der Waals surface area (Å²) in [7, 11) is 0. The van der Waals surface area contributed by atoms with Crippen molar-refractivity contribution in [2.45, 2.75) is 6.04 Å². The number of benzene rings is 1. The van der Waals surface area contributed by atoms with Gasteiger partial charge in [-0.05, 0) is 29.8 Å². The zero-order valence-electron chi connectivity index (χ0n) is 11.4. The standard InChI is InChI=1S/C16H11ClN4O/c17-11-4-1-3-10(7-11)14(8-18)21-16(22)13-9-20-15-12(13)5-2-6-19-15/h1-7,9,14H,(H,19,20)(H,21,22)/t14-/m1/s1. The maximum absolute atomic E-state index is 12.4. The largest absolute Gasteiger partial charge is 0.345 e. The van der Waals surface area contributed by atoms with Crippen molar-refractivity contribution in [2.75, 3.05) is 0 Å². The van der Waals surface area contributed by atoms with Crippen molar-refractivity contribution in [1.82, 2.24) is 15.3 Å². The number of carbonyl (C=O) groups is 1. The number of carbonyl (C=O) groups excluding carboxylic acids is 1. The molecule has 0 aliphatic carbocycles. The van der Waals surface area contributed by atoms with Crippen LogP contribution in [0.1, 0.15) is 22.0 Å². The topological polar surface area (TPSA) is 81.6 Å². The summed E-state index contributed by atoms with van der Waals surface area (Å²) >= 11 is 5.92. The van der Waals surface area contributed by atoms with Crippen molar-refractivity contribution in [3.63, 3.8) is 0 Å². The lowest BCUT2D eigenvalue weighted by Crippen LogP contribution is -2.27. The smallest absolute Gasteiger partial charge is 0.254 e. The Morgan fingerprint density at radius 3 is 3.00 bits per heavy atom. The van der Waals surface area contributed by atoms with Crippen LogP contribution in [0.25, 0.3) is 11.0 Å². The highest BCUT2D eigenvalue weighted by molar-refractivity contribution is 6.30. The van der Waals surface area contributed by atoms with Crippen LogP contribution in [0.3, 0.4) is 0 Å². The zero-order chi connectivity index (χ0) is 15.5. The molecule has 0 fully saturated rings. The molecule has 2 N–H and O–H groups in total. The number of H-pyrrole nitrogens is 1. The number of fused-ring (bicyclic) bond motifs is 1. The van der Waals surface area contributed by atoms with Crippen LogP contribution in [-0.2, 0) is 0 Å². The molecule has 1 atom stereocenters. The molecule has 0 aliphatic heterocycles. The van der Waals surface area contributed by atoms with E-state index in [-0.39, 0.29) is 5.91 Å². The Labute approximate surface area is 131 Å². The molecule has 0 aliphatic rings. The van der Waals surface area contributed by atoms with Gasteiger partial charge in [0.15, 0.2) is 0 Å². The van der Waals surface area contributed by atoms with E-state index in [9.17, 15) is 10.1 Å². The number of pyridine rings is 1. The van der Waals surface area contributed by atoms with Crippen molar-refractivity contribution >= 4 is 28.5 Å². The Kier molecular flexibility index (Phi) is 3.77. The molecule has 1 aromatic carbocycles. The van der Waals surface area contributed by atoms with Crippen LogP contribution >= 0.6 is 11.6 Å². The summed E-state index contributed by atoms with van der Waals surface area (Å²) in [6.07, 6.45) is 3.23. The molecule has 0 saturated heterocycles. The average molecular weight is 311 g/mol. The summed E-state index contributed by atoms with van der Waals surface area (Å²) in [5, 5.41) is 13.2. The predicted octanol–water partition coefficient (Wildman–Crippen LogP) is 3.21. The minimum Gasteiger partial charge on any atom is -0.345 e. The molecule has 6 heteroatoms. The van der Waals surface area contributed by atoms with Crippen LogP contribution in [0.5, 0.6) is 0 Å². The summed E-state index contributed by atoms with van der Waals surface area (Å²) < 4.78 is 0. The maximum Gasteiger partial charge on any atom is 0.254 e. The first kappa shape index (κ1) is 14.1. The van der Waals surface area contributed by atoms with Gasteiger partial charge in [0.2, 0.25) is 0 Å². The fraction of sp³-hybridized carbons (Fsp3) is 0.0625. The fourth-order valence-electron chi connectivity index (χ4n) is 2.23. The number of hydrogen-bond acceptors (Lipinski definition) is 3. The number of aromatic amines is 1. The Morgan fingerprint density at radius 2 is 2.23 bits per heavy atom. The summed E-state index contributed by atoms with van der Waals surface area (Å²) in [6, 6.07) is 11.7. The summed E-state index contributed by atoms with van der Waals surface area (Å²) in [4.78, 5) is 19.5. The van der Waals surface area contributed by atoms with Gasteiger partial charge in [-0.15, -0.1) is 0 Å². The molecule has 5 nitrogen and oxygen atoms in total. The first-order valence-corrected chi connectivity index (χ1v) is 6.95. The highest BCUT2D eigenvalue weighted by atomic mass is 35.5. The van der Waals surface area contributed by atoms with E-state index in [0.717, 1.165) is 0 Å². The lowest BCUT2D eigenvalue weighted by Gasteiger charge is -2.11. The van der Waals surface area contributed by atoms with E-state index < -0.39 is 6.04 Å². The molecule has 3 aromatic rings. The fourth-order valence-corrected chi connectivity index (χ4v) is 2.43. The van der Waals surface area contributed by atoms with Crippen molar-refractivity contribution in [2.24, 2.45) is 0 Å². The molecule has 2 aromatic heterocycles. The molecule has 0 unspecified atom stereocenters. The second kappa shape index (κ2) is 5.88. The predicted molar refractivity (Wildman–Crippen MR) is 83.4 cm³/mol. The van der Waals surface area contributed by atoms with Gasteiger partial charge in [0.05, 0.1) is 11.6 Å². The Morgan fingerprint density at radius 1 is 1.36 bits per heavy atom. The minimum absolute atomic E-state index is 0.342. The van der Waals surface area contributed by atoms with Gasteiger partial charge in [-0.1, -0.05) is 23.7 Å². The van der Waals surface area contributed by atoms with Crippen LogP contribution in [0.4, 0.5) is 0 Å². The molecular weight excluding hydrogens is 300 g/mol. The molecular formula is C16H11ClN4O. The van der Waals surface area contributed by atoms with Crippen molar-refractivity contribution in [1.29, 1.82) is 5.26 Å². The molecule has 0 saturated carbocycles. The van der Waals surface area contributed by atoms with E-state index in [2.05, 4.69) is 21.4 Å². The van der Waals surface area contributed by atoms with E-state index in [0.29, 0.717) is 27.2 Å². The Hall–Kier alpha value is -2.84. The van der Waals surface area contributed by atoms with Crippen LogP contribution in [0, 0.1) is 11.3 Å². The van der Waals surface area contributed by atoms with Gasteiger partial charge < -0.3 is 10.3 Å². The maximum atomic E-state index is 12.4. The summed E-state index contributed by atoms with van der Waals surface area (Å²) in [5.74, 6) is -0.342. The van der Waals surface area contributed by atoms with Crippen LogP contribution in [0.15, 0.2) is 48.8 Å². The molecule has 2 heterocycles. The number of aromatic nitrogens is 2. The van der Waals surface area contributed by atoms with Gasteiger partial charge in [-0.2, -0.15) is 5.26 Å². The van der Waals surface area contributed by atoms with Gasteiger partial charge >= 0.3 is 0 Å². The van der Waals surface area contributed by atoms with Crippen LogP contribution in [0.2, 0.25) is 5.02 Å². The second-order valence-corrected chi connectivity index (χ2v) is 5.13. The highest BCUT2D eigenvalue weighted by Crippen LogP contribution is 2.20. The third kappa shape index (κ3) is 2.65. The minimum atomic E-state index is -0.771. The van der Waals surface area contributed by atoms with Gasteiger partial charge in [0, 0.05) is 22.8 Å². The van der Waals surface area contributed by atoms with Crippen LogP contribution in [-0.4, -0.2) is 15.9 Å². The van der Waals surface area contributed by atoms with Crippen LogP contribution < -0.4 is 5.32 Å². The van der Waals surface area contributed by atoms with E-state index in [1.165, 1.54) is 0 Å². The number of rotatable bonds is 3. The van der Waals surface area contributed by atoms with Gasteiger partial charge in [-0.25, -0.2) is 4.98 Å². The number of nitriles is 1.